The maximum atomic E-state index is 13.5. The topological polar surface area (TPSA) is 55.0 Å². The first-order valence-corrected chi connectivity index (χ1v) is 7.17. The van der Waals surface area contributed by atoms with E-state index in [1.165, 1.54) is 12.1 Å². The summed E-state index contributed by atoms with van der Waals surface area (Å²) in [5, 5.41) is 0. The number of hydrogen-bond acceptors (Lipinski definition) is 3. The Hall–Kier alpha value is -2.95. The fourth-order valence-corrected chi connectivity index (χ4v) is 2.55. The average Bonchev–Trinajstić information content (AvgIpc) is 3.06. The zero-order chi connectivity index (χ0) is 16.1. The molecule has 2 heterocycles. The lowest BCUT2D eigenvalue weighted by Gasteiger charge is -2.15. The maximum Gasteiger partial charge on any atom is 0.293 e. The van der Waals surface area contributed by atoms with E-state index >= 15 is 0 Å². The van der Waals surface area contributed by atoms with Crippen molar-refractivity contribution in [2.75, 3.05) is 6.61 Å². The van der Waals surface area contributed by atoms with Crippen LogP contribution in [0.1, 0.15) is 17.0 Å². The van der Waals surface area contributed by atoms with Gasteiger partial charge in [0.1, 0.15) is 12.4 Å². The Kier molecular flexibility index (Phi) is 4.47. The number of rotatable bonds is 6. The molecule has 1 unspecified atom stereocenters. The third kappa shape index (κ3) is 3.45. The van der Waals surface area contributed by atoms with Crippen LogP contribution in [0.25, 0.3) is 11.3 Å². The van der Waals surface area contributed by atoms with Crippen molar-refractivity contribution < 1.29 is 13.9 Å². The minimum Gasteiger partial charge on any atom is -0.467 e. The number of pyridine rings is 1. The summed E-state index contributed by atoms with van der Waals surface area (Å²) in [5.74, 6) is -0.550. The number of nitrogens with zero attached hydrogens (tertiary/aromatic N) is 1. The van der Waals surface area contributed by atoms with Crippen LogP contribution in [0.15, 0.2) is 61.1 Å². The Bertz CT molecular complexity index is 786. The molecule has 0 radical (unpaired) electrons. The van der Waals surface area contributed by atoms with Crippen LogP contribution in [0, 0.1) is 5.82 Å². The normalized spacial score (nSPS) is 11.9. The van der Waals surface area contributed by atoms with Crippen molar-refractivity contribution in [2.24, 2.45) is 0 Å². The summed E-state index contributed by atoms with van der Waals surface area (Å²) in [4.78, 5) is 17.7. The first kappa shape index (κ1) is 15.0. The molecule has 0 aliphatic rings. The molecule has 0 amide bonds. The zero-order valence-corrected chi connectivity index (χ0v) is 12.3. The van der Waals surface area contributed by atoms with E-state index in [0.717, 1.165) is 22.4 Å². The van der Waals surface area contributed by atoms with E-state index in [2.05, 4.69) is 9.97 Å². The van der Waals surface area contributed by atoms with E-state index < -0.39 is 0 Å². The molecule has 116 valence electrons. The molecule has 0 saturated heterocycles. The second kappa shape index (κ2) is 6.87. The molecule has 1 aromatic carbocycles. The van der Waals surface area contributed by atoms with Crippen LogP contribution in [-0.2, 0) is 9.53 Å². The van der Waals surface area contributed by atoms with Crippen molar-refractivity contribution in [1.82, 2.24) is 9.97 Å². The van der Waals surface area contributed by atoms with Crippen LogP contribution < -0.4 is 0 Å². The fourth-order valence-electron chi connectivity index (χ4n) is 2.55. The van der Waals surface area contributed by atoms with E-state index in [-0.39, 0.29) is 18.3 Å². The molecule has 0 aliphatic heterocycles. The van der Waals surface area contributed by atoms with Gasteiger partial charge in [0.25, 0.3) is 6.47 Å². The molecule has 23 heavy (non-hydrogen) atoms. The summed E-state index contributed by atoms with van der Waals surface area (Å²) in [5.41, 5.74) is 3.60. The van der Waals surface area contributed by atoms with Crippen LogP contribution >= 0.6 is 0 Å². The van der Waals surface area contributed by atoms with E-state index in [1.54, 1.807) is 18.5 Å². The predicted octanol–water partition coefficient (Wildman–Crippen LogP) is 3.52. The predicted molar refractivity (Wildman–Crippen MR) is 84.3 cm³/mol. The molecule has 1 N–H and O–H groups in total. The molecule has 0 bridgehead atoms. The summed E-state index contributed by atoms with van der Waals surface area (Å²) in [6, 6.07) is 12.1. The highest BCUT2D eigenvalue weighted by Gasteiger charge is 2.17. The van der Waals surface area contributed by atoms with Crippen molar-refractivity contribution in [3.05, 3.63) is 78.0 Å². The first-order valence-electron chi connectivity index (χ1n) is 7.17. The third-order valence-electron chi connectivity index (χ3n) is 3.68. The highest BCUT2D eigenvalue weighted by molar-refractivity contribution is 5.60. The Morgan fingerprint density at radius 3 is 2.74 bits per heavy atom. The molecule has 3 rings (SSSR count). The maximum absolute atomic E-state index is 13.5. The summed E-state index contributed by atoms with van der Waals surface area (Å²) < 4.78 is 18.4. The van der Waals surface area contributed by atoms with Crippen molar-refractivity contribution >= 4 is 6.47 Å². The minimum atomic E-state index is -0.316. The van der Waals surface area contributed by atoms with Gasteiger partial charge in [-0.15, -0.1) is 0 Å². The number of hydrogen-bond donors (Lipinski definition) is 1. The van der Waals surface area contributed by atoms with Crippen molar-refractivity contribution in [3.63, 3.8) is 0 Å². The number of aromatic amines is 1. The Morgan fingerprint density at radius 1 is 1.17 bits per heavy atom. The molecule has 5 heteroatoms. The van der Waals surface area contributed by atoms with Gasteiger partial charge in [0.05, 0.1) is 0 Å². The van der Waals surface area contributed by atoms with E-state index in [0.29, 0.717) is 6.47 Å². The van der Waals surface area contributed by atoms with E-state index in [4.69, 9.17) is 4.74 Å². The van der Waals surface area contributed by atoms with Gasteiger partial charge in [-0.1, -0.05) is 12.1 Å². The van der Waals surface area contributed by atoms with Crippen LogP contribution in [0.3, 0.4) is 0 Å². The molecule has 0 spiro atoms. The second-order valence-corrected chi connectivity index (χ2v) is 5.12. The van der Waals surface area contributed by atoms with Crippen molar-refractivity contribution in [1.29, 1.82) is 0 Å². The second-order valence-electron chi connectivity index (χ2n) is 5.12. The smallest absolute Gasteiger partial charge is 0.293 e. The number of aromatic nitrogens is 2. The van der Waals surface area contributed by atoms with Crippen molar-refractivity contribution in [3.8, 4) is 11.3 Å². The highest BCUT2D eigenvalue weighted by atomic mass is 19.1. The fraction of sp³-hybridized carbons (Fsp3) is 0.111. The monoisotopic (exact) mass is 310 g/mol. The standard InChI is InChI=1S/C18H15FN2O2/c19-16-3-1-2-14(8-16)17(11-23-12-22)15-9-18(21-10-15)13-4-6-20-7-5-13/h1-10,12,17,21H,11H2. The number of nitrogens with one attached hydrogen (secondary N) is 1. The largest absolute Gasteiger partial charge is 0.467 e. The number of ether oxygens (including phenoxy) is 1. The molecule has 0 saturated carbocycles. The first-order chi connectivity index (χ1) is 11.3. The molecule has 0 aliphatic carbocycles. The Balaban J connectivity index is 1.94. The number of halogens is 1. The van der Waals surface area contributed by atoms with Gasteiger partial charge < -0.3 is 9.72 Å². The lowest BCUT2D eigenvalue weighted by Crippen LogP contribution is -2.08. The highest BCUT2D eigenvalue weighted by Crippen LogP contribution is 2.29. The van der Waals surface area contributed by atoms with Crippen LogP contribution in [-0.4, -0.2) is 23.0 Å². The average molecular weight is 310 g/mol. The van der Waals surface area contributed by atoms with Crippen LogP contribution in [0.5, 0.6) is 0 Å². The summed E-state index contributed by atoms with van der Waals surface area (Å²) in [6.45, 7) is 0.559. The Labute approximate surface area is 133 Å². The van der Waals surface area contributed by atoms with Gasteiger partial charge in [-0.3, -0.25) is 9.78 Å². The lowest BCUT2D eigenvalue weighted by molar-refractivity contribution is -0.128. The molecular formula is C18H15FN2O2. The minimum absolute atomic E-state index is 0.153. The number of carbonyl (C=O) groups excluding carboxylic acids is 1. The van der Waals surface area contributed by atoms with Gasteiger partial charge in [0.15, 0.2) is 0 Å². The zero-order valence-electron chi connectivity index (χ0n) is 12.3. The van der Waals surface area contributed by atoms with E-state index in [1.807, 2.05) is 30.5 Å². The molecule has 4 nitrogen and oxygen atoms in total. The molecule has 2 aromatic heterocycles. The van der Waals surface area contributed by atoms with Gasteiger partial charge in [0.2, 0.25) is 0 Å². The van der Waals surface area contributed by atoms with Crippen molar-refractivity contribution in [2.45, 2.75) is 5.92 Å². The molecular weight excluding hydrogens is 295 g/mol. The third-order valence-corrected chi connectivity index (χ3v) is 3.68. The van der Waals surface area contributed by atoms with E-state index in [9.17, 15) is 9.18 Å². The quantitative estimate of drug-likeness (QED) is 0.709. The van der Waals surface area contributed by atoms with Gasteiger partial charge in [-0.05, 0) is 41.5 Å². The summed E-state index contributed by atoms with van der Waals surface area (Å²) in [7, 11) is 0. The summed E-state index contributed by atoms with van der Waals surface area (Å²) >= 11 is 0. The Morgan fingerprint density at radius 2 is 2.00 bits per heavy atom. The van der Waals surface area contributed by atoms with Gasteiger partial charge in [-0.2, -0.15) is 0 Å². The molecule has 3 aromatic rings. The number of benzene rings is 1. The van der Waals surface area contributed by atoms with Crippen LogP contribution in [0.4, 0.5) is 4.39 Å². The number of carbonyl (C=O) groups is 1. The van der Waals surface area contributed by atoms with Gasteiger partial charge in [-0.25, -0.2) is 4.39 Å². The number of H-pyrrole nitrogens is 1. The van der Waals surface area contributed by atoms with Crippen LogP contribution in [0.2, 0.25) is 0 Å². The molecule has 0 fully saturated rings. The SMILES string of the molecule is O=COCC(c1cccc(F)c1)c1c[nH]c(-c2ccncc2)c1. The summed E-state index contributed by atoms with van der Waals surface area (Å²) in [6.07, 6.45) is 5.28. The lowest BCUT2D eigenvalue weighted by atomic mass is 9.93. The van der Waals surface area contributed by atoms with Gasteiger partial charge in [0, 0.05) is 35.8 Å². The molecule has 1 atom stereocenters. The van der Waals surface area contributed by atoms with Gasteiger partial charge >= 0.3 is 0 Å².